The maximum Gasteiger partial charge on any atom is 0.161 e. The quantitative estimate of drug-likeness (QED) is 0.865. The number of hydrogen-bond donors (Lipinski definition) is 1. The van der Waals surface area contributed by atoms with Crippen molar-refractivity contribution in [2.75, 3.05) is 24.3 Å². The molecule has 0 amide bonds. The highest BCUT2D eigenvalue weighted by Gasteiger charge is 2.37. The third-order valence-electron chi connectivity index (χ3n) is 3.58. The van der Waals surface area contributed by atoms with Gasteiger partial charge in [0.2, 0.25) is 0 Å². The fourth-order valence-electron chi connectivity index (χ4n) is 2.36. The van der Waals surface area contributed by atoms with Crippen molar-refractivity contribution >= 4 is 34.2 Å². The second-order valence-corrected chi connectivity index (χ2v) is 6.35. The molecule has 2 aliphatic rings. The van der Waals surface area contributed by atoms with Gasteiger partial charge in [-0.3, -0.25) is 4.99 Å². The summed E-state index contributed by atoms with van der Waals surface area (Å²) in [7, 11) is 0. The van der Waals surface area contributed by atoms with E-state index in [-0.39, 0.29) is 5.54 Å². The molecule has 3 rings (SSSR count). The molecule has 1 fully saturated rings. The van der Waals surface area contributed by atoms with E-state index in [2.05, 4.69) is 11.4 Å². The van der Waals surface area contributed by atoms with Gasteiger partial charge in [0.05, 0.1) is 27.9 Å². The summed E-state index contributed by atoms with van der Waals surface area (Å²) in [4.78, 5) is 4.82. The molecule has 1 N–H and O–H groups in total. The lowest BCUT2D eigenvalue weighted by Crippen LogP contribution is -2.34. The number of nitrogens with zero attached hydrogens (tertiary/aromatic N) is 2. The molecule has 0 unspecified atom stereocenters. The maximum absolute atomic E-state index is 8.94. The van der Waals surface area contributed by atoms with Crippen LogP contribution < -0.4 is 5.32 Å². The number of hydrogen-bond acceptors (Lipinski definition) is 5. The average molecular weight is 308 g/mol. The van der Waals surface area contributed by atoms with Gasteiger partial charge in [0.25, 0.3) is 0 Å². The van der Waals surface area contributed by atoms with Crippen LogP contribution in [0.3, 0.4) is 0 Å². The first-order valence-corrected chi connectivity index (χ1v) is 7.84. The molecule has 0 bridgehead atoms. The maximum atomic E-state index is 8.94. The molecular weight excluding hydrogens is 294 g/mol. The van der Waals surface area contributed by atoms with Crippen LogP contribution in [0.5, 0.6) is 0 Å². The van der Waals surface area contributed by atoms with Crippen molar-refractivity contribution in [3.63, 3.8) is 0 Å². The molecule has 1 aromatic carbocycles. The van der Waals surface area contributed by atoms with Crippen LogP contribution in [0.2, 0.25) is 5.02 Å². The summed E-state index contributed by atoms with van der Waals surface area (Å²) in [6.45, 7) is 1.56. The van der Waals surface area contributed by atoms with Crippen molar-refractivity contribution < 1.29 is 4.74 Å². The molecular formula is C14H14ClN3OS. The number of rotatable bonds is 1. The van der Waals surface area contributed by atoms with Gasteiger partial charge in [-0.25, -0.2) is 0 Å². The summed E-state index contributed by atoms with van der Waals surface area (Å²) >= 11 is 7.86. The Morgan fingerprint density at radius 1 is 1.40 bits per heavy atom. The summed E-state index contributed by atoms with van der Waals surface area (Å²) in [5.74, 6) is 0.980. The first-order valence-electron chi connectivity index (χ1n) is 6.48. The number of aliphatic imine (C=N–C) groups is 1. The minimum absolute atomic E-state index is 0.0184. The second-order valence-electron chi connectivity index (χ2n) is 4.97. The first-order chi connectivity index (χ1) is 9.71. The summed E-state index contributed by atoms with van der Waals surface area (Å²) in [5.41, 5.74) is 1.34. The third kappa shape index (κ3) is 2.78. The molecule has 1 spiro atoms. The minimum Gasteiger partial charge on any atom is -0.381 e. The predicted octanol–water partition coefficient (Wildman–Crippen LogP) is 3.28. The average Bonchev–Trinajstić information content (AvgIpc) is 2.84. The van der Waals surface area contributed by atoms with Crippen LogP contribution in [0.15, 0.2) is 23.2 Å². The van der Waals surface area contributed by atoms with Crippen LogP contribution in [0.25, 0.3) is 0 Å². The standard InChI is InChI=1S/C14H14ClN3OS/c15-11-2-1-10(8-16)7-12(11)17-13-18-14(9-20-13)3-5-19-6-4-14/h1-2,7H,3-6,9H2,(H,17,18). The molecule has 20 heavy (non-hydrogen) atoms. The van der Waals surface area contributed by atoms with Gasteiger partial charge in [0.1, 0.15) is 0 Å². The highest BCUT2D eigenvalue weighted by Crippen LogP contribution is 2.36. The molecule has 0 aliphatic carbocycles. The van der Waals surface area contributed by atoms with Gasteiger partial charge in [-0.05, 0) is 31.0 Å². The molecule has 2 heterocycles. The van der Waals surface area contributed by atoms with Crippen molar-refractivity contribution in [1.29, 1.82) is 5.26 Å². The Labute approximate surface area is 127 Å². The number of benzene rings is 1. The summed E-state index contributed by atoms with van der Waals surface area (Å²) in [5, 5.41) is 13.7. The third-order valence-corrected chi connectivity index (χ3v) is 5.05. The number of thioether (sulfide) groups is 1. The van der Waals surface area contributed by atoms with Crippen molar-refractivity contribution in [2.45, 2.75) is 18.4 Å². The zero-order valence-electron chi connectivity index (χ0n) is 10.9. The zero-order valence-corrected chi connectivity index (χ0v) is 12.4. The lowest BCUT2D eigenvalue weighted by molar-refractivity contribution is 0.0624. The number of halogens is 1. The molecule has 0 atom stereocenters. The smallest absolute Gasteiger partial charge is 0.161 e. The Balaban J connectivity index is 1.79. The monoisotopic (exact) mass is 307 g/mol. The lowest BCUT2D eigenvalue weighted by atomic mass is 9.93. The molecule has 2 aliphatic heterocycles. The Kier molecular flexibility index (Phi) is 3.88. The van der Waals surface area contributed by atoms with Gasteiger partial charge in [-0.1, -0.05) is 23.4 Å². The van der Waals surface area contributed by atoms with E-state index in [0.717, 1.165) is 42.7 Å². The van der Waals surface area contributed by atoms with E-state index in [4.69, 9.17) is 26.6 Å². The van der Waals surface area contributed by atoms with E-state index in [0.29, 0.717) is 10.6 Å². The number of nitriles is 1. The SMILES string of the molecule is N#Cc1ccc(Cl)c(NC2=NC3(CCOCC3)CS2)c1. The highest BCUT2D eigenvalue weighted by molar-refractivity contribution is 8.14. The molecule has 6 heteroatoms. The van der Waals surface area contributed by atoms with Gasteiger partial charge in [0.15, 0.2) is 5.17 Å². The van der Waals surface area contributed by atoms with Crippen LogP contribution in [-0.4, -0.2) is 29.7 Å². The van der Waals surface area contributed by atoms with E-state index in [1.54, 1.807) is 30.0 Å². The van der Waals surface area contributed by atoms with Crippen molar-refractivity contribution in [3.05, 3.63) is 28.8 Å². The minimum atomic E-state index is 0.0184. The van der Waals surface area contributed by atoms with E-state index >= 15 is 0 Å². The molecule has 0 saturated carbocycles. The van der Waals surface area contributed by atoms with E-state index in [9.17, 15) is 0 Å². The van der Waals surface area contributed by atoms with Crippen LogP contribution in [0.1, 0.15) is 18.4 Å². The largest absolute Gasteiger partial charge is 0.381 e. The van der Waals surface area contributed by atoms with Crippen LogP contribution in [-0.2, 0) is 4.74 Å². The highest BCUT2D eigenvalue weighted by atomic mass is 35.5. The molecule has 1 aromatic rings. The van der Waals surface area contributed by atoms with Gasteiger partial charge < -0.3 is 10.1 Å². The van der Waals surface area contributed by atoms with Crippen molar-refractivity contribution in [2.24, 2.45) is 4.99 Å². The molecule has 0 aromatic heterocycles. The topological polar surface area (TPSA) is 57.4 Å². The van der Waals surface area contributed by atoms with E-state index in [1.165, 1.54) is 0 Å². The molecule has 4 nitrogen and oxygen atoms in total. The predicted molar refractivity (Wildman–Crippen MR) is 82.5 cm³/mol. The van der Waals surface area contributed by atoms with Crippen molar-refractivity contribution in [1.82, 2.24) is 0 Å². The van der Waals surface area contributed by atoms with Crippen LogP contribution >= 0.6 is 23.4 Å². The zero-order chi connectivity index (χ0) is 14.0. The van der Waals surface area contributed by atoms with E-state index < -0.39 is 0 Å². The molecule has 1 saturated heterocycles. The lowest BCUT2D eigenvalue weighted by Gasteiger charge is -2.29. The first kappa shape index (κ1) is 13.7. The number of amidine groups is 1. The van der Waals surface area contributed by atoms with Gasteiger partial charge in [-0.2, -0.15) is 5.26 Å². The Hall–Kier alpha value is -1.22. The van der Waals surface area contributed by atoms with Gasteiger partial charge >= 0.3 is 0 Å². The molecule has 0 radical (unpaired) electrons. The van der Waals surface area contributed by atoms with Crippen molar-refractivity contribution in [3.8, 4) is 6.07 Å². The summed E-state index contributed by atoms with van der Waals surface area (Å²) in [6, 6.07) is 7.30. The number of anilines is 1. The fraction of sp³-hybridized carbons (Fsp3) is 0.429. The number of ether oxygens (including phenoxy) is 1. The summed E-state index contributed by atoms with van der Waals surface area (Å²) < 4.78 is 5.40. The van der Waals surface area contributed by atoms with Gasteiger partial charge in [0, 0.05) is 19.0 Å². The normalized spacial score (nSPS) is 20.5. The summed E-state index contributed by atoms with van der Waals surface area (Å²) in [6.07, 6.45) is 1.94. The fourth-order valence-corrected chi connectivity index (χ4v) is 3.72. The molecule has 104 valence electrons. The van der Waals surface area contributed by atoms with Crippen LogP contribution in [0, 0.1) is 11.3 Å². The van der Waals surface area contributed by atoms with Crippen LogP contribution in [0.4, 0.5) is 5.69 Å². The van der Waals surface area contributed by atoms with E-state index in [1.807, 2.05) is 0 Å². The Bertz CT molecular complexity index is 591. The Morgan fingerprint density at radius 2 is 2.20 bits per heavy atom. The van der Waals surface area contributed by atoms with Gasteiger partial charge in [-0.15, -0.1) is 0 Å². The second kappa shape index (κ2) is 5.65. The number of nitrogens with one attached hydrogen (secondary N) is 1. The Morgan fingerprint density at radius 3 is 2.95 bits per heavy atom.